The van der Waals surface area contributed by atoms with Crippen LogP contribution in [0.5, 0.6) is 5.75 Å². The predicted octanol–water partition coefficient (Wildman–Crippen LogP) is 3.76. The Labute approximate surface area is 132 Å². The maximum absolute atomic E-state index is 13.2. The highest BCUT2D eigenvalue weighted by atomic mass is 19.2. The molecular formula is C17H17F2NO3. The van der Waals surface area contributed by atoms with Crippen LogP contribution in [0.2, 0.25) is 0 Å². The zero-order chi connectivity index (χ0) is 17.3. The van der Waals surface area contributed by atoms with Crippen molar-refractivity contribution in [3.05, 3.63) is 52.3 Å². The number of halogens is 2. The molecule has 0 saturated carbocycles. The third-order valence-electron chi connectivity index (χ3n) is 3.61. The molecule has 0 saturated heterocycles. The van der Waals surface area contributed by atoms with Gasteiger partial charge in [-0.2, -0.15) is 0 Å². The minimum absolute atomic E-state index is 0.0532. The molecule has 0 bridgehead atoms. The summed E-state index contributed by atoms with van der Waals surface area (Å²) in [6.45, 7) is 6.32. The topological polar surface area (TPSA) is 59.2 Å². The van der Waals surface area contributed by atoms with Gasteiger partial charge < -0.3 is 9.72 Å². The Hall–Kier alpha value is -2.50. The average Bonchev–Trinajstić information content (AvgIpc) is 2.77. The Kier molecular flexibility index (Phi) is 4.63. The number of H-pyrrole nitrogens is 1. The van der Waals surface area contributed by atoms with Gasteiger partial charge in [-0.25, -0.2) is 8.78 Å². The quantitative estimate of drug-likeness (QED) is 0.853. The van der Waals surface area contributed by atoms with Crippen molar-refractivity contribution in [1.29, 1.82) is 0 Å². The monoisotopic (exact) mass is 321 g/mol. The van der Waals surface area contributed by atoms with Gasteiger partial charge in [-0.05, 0) is 45.4 Å². The number of ketones is 2. The van der Waals surface area contributed by atoms with Crippen molar-refractivity contribution in [2.45, 2.75) is 33.8 Å². The number of carbonyl (C=O) groups is 2. The number of aryl methyl sites for hydroxylation is 1. The molecule has 122 valence electrons. The van der Waals surface area contributed by atoms with Crippen molar-refractivity contribution in [2.24, 2.45) is 0 Å². The fourth-order valence-corrected chi connectivity index (χ4v) is 2.54. The number of aromatic amines is 1. The summed E-state index contributed by atoms with van der Waals surface area (Å²) in [5.74, 6) is -2.49. The Bertz CT molecular complexity index is 780. The lowest BCUT2D eigenvalue weighted by Crippen LogP contribution is -2.25. The maximum Gasteiger partial charge on any atom is 0.219 e. The highest BCUT2D eigenvalue weighted by molar-refractivity contribution is 6.04. The third-order valence-corrected chi connectivity index (χ3v) is 3.61. The molecule has 1 aromatic carbocycles. The van der Waals surface area contributed by atoms with Crippen molar-refractivity contribution in [3.63, 3.8) is 0 Å². The predicted molar refractivity (Wildman–Crippen MR) is 81.0 cm³/mol. The molecule has 2 rings (SSSR count). The van der Waals surface area contributed by atoms with Gasteiger partial charge in [-0.15, -0.1) is 0 Å². The first-order valence-electron chi connectivity index (χ1n) is 7.08. The molecule has 0 fully saturated rings. The normalized spacial score (nSPS) is 12.1. The van der Waals surface area contributed by atoms with E-state index in [1.54, 1.807) is 13.8 Å². The van der Waals surface area contributed by atoms with Crippen LogP contribution in [0.4, 0.5) is 8.78 Å². The van der Waals surface area contributed by atoms with Crippen molar-refractivity contribution < 1.29 is 23.1 Å². The van der Waals surface area contributed by atoms with Gasteiger partial charge in [-0.3, -0.25) is 9.59 Å². The van der Waals surface area contributed by atoms with Crippen LogP contribution in [0.1, 0.15) is 46.0 Å². The van der Waals surface area contributed by atoms with E-state index in [4.69, 9.17) is 4.74 Å². The van der Waals surface area contributed by atoms with Crippen LogP contribution in [-0.2, 0) is 0 Å². The number of carbonyl (C=O) groups excluding carboxylic acids is 2. The van der Waals surface area contributed by atoms with Crippen LogP contribution >= 0.6 is 0 Å². The van der Waals surface area contributed by atoms with Crippen molar-refractivity contribution in [3.8, 4) is 5.75 Å². The van der Waals surface area contributed by atoms with Gasteiger partial charge in [0.15, 0.2) is 23.5 Å². The largest absolute Gasteiger partial charge is 0.482 e. The molecule has 6 heteroatoms. The molecule has 23 heavy (non-hydrogen) atoms. The summed E-state index contributed by atoms with van der Waals surface area (Å²) >= 11 is 0. The molecule has 0 aliphatic carbocycles. The third kappa shape index (κ3) is 3.31. The van der Waals surface area contributed by atoms with E-state index in [1.165, 1.54) is 19.9 Å². The van der Waals surface area contributed by atoms with E-state index in [0.29, 0.717) is 16.8 Å². The Morgan fingerprint density at radius 1 is 1.17 bits per heavy atom. The van der Waals surface area contributed by atoms with Crippen LogP contribution in [0.3, 0.4) is 0 Å². The molecule has 0 amide bonds. The first-order valence-corrected chi connectivity index (χ1v) is 7.08. The van der Waals surface area contributed by atoms with Crippen molar-refractivity contribution >= 4 is 11.6 Å². The Morgan fingerprint density at radius 3 is 2.35 bits per heavy atom. The SMILES string of the molecule is CC(=O)c1c(C)[nH]c(C(=O)[C@H](C)Oc2ccc(F)c(F)c2)c1C. The van der Waals surface area contributed by atoms with Gasteiger partial charge >= 0.3 is 0 Å². The number of rotatable bonds is 5. The molecule has 0 aliphatic heterocycles. The number of benzene rings is 1. The highest BCUT2D eigenvalue weighted by Crippen LogP contribution is 2.22. The lowest BCUT2D eigenvalue weighted by Gasteiger charge is -2.13. The van der Waals surface area contributed by atoms with E-state index >= 15 is 0 Å². The summed E-state index contributed by atoms with van der Waals surface area (Å²) < 4.78 is 31.5. The van der Waals surface area contributed by atoms with Crippen LogP contribution in [-0.4, -0.2) is 22.7 Å². The zero-order valence-corrected chi connectivity index (χ0v) is 13.3. The lowest BCUT2D eigenvalue weighted by molar-refractivity contribution is 0.0812. The van der Waals surface area contributed by atoms with Crippen molar-refractivity contribution in [1.82, 2.24) is 4.98 Å². The van der Waals surface area contributed by atoms with Crippen LogP contribution in [0.25, 0.3) is 0 Å². The van der Waals surface area contributed by atoms with Crippen LogP contribution in [0, 0.1) is 25.5 Å². The molecule has 0 unspecified atom stereocenters. The average molecular weight is 321 g/mol. The molecular weight excluding hydrogens is 304 g/mol. The number of hydrogen-bond acceptors (Lipinski definition) is 3. The molecule has 0 aliphatic rings. The smallest absolute Gasteiger partial charge is 0.219 e. The molecule has 1 N–H and O–H groups in total. The van der Waals surface area contributed by atoms with Gasteiger partial charge in [0.1, 0.15) is 5.75 Å². The second-order valence-corrected chi connectivity index (χ2v) is 5.38. The molecule has 0 radical (unpaired) electrons. The second-order valence-electron chi connectivity index (χ2n) is 5.38. The van der Waals surface area contributed by atoms with E-state index in [0.717, 1.165) is 12.1 Å². The minimum atomic E-state index is -1.05. The van der Waals surface area contributed by atoms with Crippen molar-refractivity contribution in [2.75, 3.05) is 0 Å². The molecule has 1 aromatic heterocycles. The van der Waals surface area contributed by atoms with E-state index in [9.17, 15) is 18.4 Å². The first kappa shape index (κ1) is 16.9. The first-order chi connectivity index (χ1) is 10.7. The molecule has 1 heterocycles. The fourth-order valence-electron chi connectivity index (χ4n) is 2.54. The van der Waals surface area contributed by atoms with Gasteiger partial charge in [0.2, 0.25) is 5.78 Å². The zero-order valence-electron chi connectivity index (χ0n) is 13.3. The summed E-state index contributed by atoms with van der Waals surface area (Å²) in [6.07, 6.45) is -0.920. The summed E-state index contributed by atoms with van der Waals surface area (Å²) in [5.41, 5.74) is 1.93. The summed E-state index contributed by atoms with van der Waals surface area (Å²) in [7, 11) is 0. The summed E-state index contributed by atoms with van der Waals surface area (Å²) in [6, 6.07) is 3.06. The number of nitrogens with one attached hydrogen (secondary N) is 1. The van der Waals surface area contributed by atoms with Gasteiger partial charge in [0, 0.05) is 17.3 Å². The Balaban J connectivity index is 2.24. The van der Waals surface area contributed by atoms with Gasteiger partial charge in [-0.1, -0.05) is 0 Å². The maximum atomic E-state index is 13.2. The van der Waals surface area contributed by atoms with E-state index in [-0.39, 0.29) is 23.0 Å². The van der Waals surface area contributed by atoms with Crippen LogP contribution < -0.4 is 4.74 Å². The summed E-state index contributed by atoms with van der Waals surface area (Å²) in [5, 5.41) is 0. The minimum Gasteiger partial charge on any atom is -0.482 e. The Morgan fingerprint density at radius 2 is 1.83 bits per heavy atom. The molecule has 2 aromatic rings. The fraction of sp³-hybridized carbons (Fsp3) is 0.294. The number of hydrogen-bond donors (Lipinski definition) is 1. The van der Waals surface area contributed by atoms with E-state index in [1.807, 2.05) is 0 Å². The number of aromatic nitrogens is 1. The molecule has 4 nitrogen and oxygen atoms in total. The van der Waals surface area contributed by atoms with E-state index < -0.39 is 17.7 Å². The number of Topliss-reactive ketones (excluding diaryl/α,β-unsaturated/α-hetero) is 2. The van der Waals surface area contributed by atoms with Gasteiger partial charge in [0.25, 0.3) is 0 Å². The van der Waals surface area contributed by atoms with Gasteiger partial charge in [0.05, 0.1) is 5.69 Å². The molecule has 0 spiro atoms. The molecule has 1 atom stereocenters. The highest BCUT2D eigenvalue weighted by Gasteiger charge is 2.24. The second kappa shape index (κ2) is 6.32. The van der Waals surface area contributed by atoms with Crippen LogP contribution in [0.15, 0.2) is 18.2 Å². The standard InChI is InChI=1S/C17H17F2NO3/c1-8-15(10(3)21)9(2)20-16(8)17(22)11(4)23-12-5-6-13(18)14(19)7-12/h5-7,11,20H,1-4H3/t11-/m0/s1. The van der Waals surface area contributed by atoms with E-state index in [2.05, 4.69) is 4.98 Å². The lowest BCUT2D eigenvalue weighted by atomic mass is 10.0. The summed E-state index contributed by atoms with van der Waals surface area (Å²) in [4.78, 5) is 27.0. The number of ether oxygens (including phenoxy) is 1.